The molecule has 3 N–H and O–H groups in total. The molecule has 0 aliphatic carbocycles. The Morgan fingerprint density at radius 2 is 2.11 bits per heavy atom. The van der Waals surface area contributed by atoms with E-state index in [1.54, 1.807) is 6.07 Å². The van der Waals surface area contributed by atoms with Crippen molar-refractivity contribution in [1.29, 1.82) is 0 Å². The van der Waals surface area contributed by atoms with Crippen LogP contribution in [0.3, 0.4) is 0 Å². The van der Waals surface area contributed by atoms with Crippen molar-refractivity contribution >= 4 is 5.97 Å². The zero-order chi connectivity index (χ0) is 13.3. The zero-order valence-electron chi connectivity index (χ0n) is 10.1. The molecule has 0 spiro atoms. The van der Waals surface area contributed by atoms with Crippen molar-refractivity contribution in [2.75, 3.05) is 0 Å². The molecular weight excluding hydrogens is 232 g/mol. The van der Waals surface area contributed by atoms with Crippen molar-refractivity contribution in [3.63, 3.8) is 0 Å². The van der Waals surface area contributed by atoms with Gasteiger partial charge >= 0.3 is 5.97 Å². The Bertz CT molecular complexity index is 588. The average Bonchev–Trinajstić information content (AvgIpc) is 2.78. The Labute approximate surface area is 104 Å². The van der Waals surface area contributed by atoms with E-state index in [4.69, 9.17) is 5.11 Å². The molecule has 5 nitrogen and oxygen atoms in total. The molecule has 1 heterocycles. The van der Waals surface area contributed by atoms with E-state index in [1.807, 2.05) is 26.0 Å². The van der Waals surface area contributed by atoms with Crippen LogP contribution in [0.25, 0.3) is 11.3 Å². The highest BCUT2D eigenvalue weighted by atomic mass is 16.4. The number of hydrogen-bond acceptors (Lipinski definition) is 3. The Morgan fingerprint density at radius 1 is 1.39 bits per heavy atom. The van der Waals surface area contributed by atoms with Crippen LogP contribution in [0.15, 0.2) is 24.3 Å². The van der Waals surface area contributed by atoms with Crippen molar-refractivity contribution < 1.29 is 15.0 Å². The van der Waals surface area contributed by atoms with Gasteiger partial charge in [-0.05, 0) is 23.6 Å². The van der Waals surface area contributed by atoms with Crippen molar-refractivity contribution in [2.45, 2.75) is 19.8 Å². The number of phenols is 1. The summed E-state index contributed by atoms with van der Waals surface area (Å²) < 4.78 is 0. The number of aromatic amines is 1. The van der Waals surface area contributed by atoms with Gasteiger partial charge in [-0.25, -0.2) is 4.79 Å². The molecule has 18 heavy (non-hydrogen) atoms. The maximum atomic E-state index is 10.8. The summed E-state index contributed by atoms with van der Waals surface area (Å²) in [6.07, 6.45) is 0. The molecule has 0 saturated heterocycles. The lowest BCUT2D eigenvalue weighted by molar-refractivity contribution is 0.0690. The summed E-state index contributed by atoms with van der Waals surface area (Å²) in [5, 5.41) is 25.3. The standard InChI is InChI=1S/C13H14N2O3/c1-7(2)8-4-3-5-9(12(8)16)10-6-11(13(17)18)15-14-10/h3-7,16H,1-2H3,(H,14,15)(H,17,18). The lowest BCUT2D eigenvalue weighted by Crippen LogP contribution is -1.95. The monoisotopic (exact) mass is 246 g/mol. The Balaban J connectivity index is 2.50. The minimum absolute atomic E-state index is 0.000602. The Hall–Kier alpha value is -2.30. The predicted molar refractivity (Wildman–Crippen MR) is 66.7 cm³/mol. The molecule has 0 saturated carbocycles. The molecule has 5 heteroatoms. The number of aromatic hydroxyl groups is 1. The van der Waals surface area contributed by atoms with Crippen LogP contribution in [0.1, 0.15) is 35.8 Å². The third-order valence-corrected chi connectivity index (χ3v) is 2.77. The minimum Gasteiger partial charge on any atom is -0.507 e. The van der Waals surface area contributed by atoms with Crippen molar-refractivity contribution in [2.24, 2.45) is 0 Å². The molecule has 0 bridgehead atoms. The fraction of sp³-hybridized carbons (Fsp3) is 0.231. The number of H-pyrrole nitrogens is 1. The van der Waals surface area contributed by atoms with Crippen molar-refractivity contribution in [1.82, 2.24) is 10.2 Å². The second-order valence-electron chi connectivity index (χ2n) is 4.37. The Morgan fingerprint density at radius 3 is 2.67 bits per heavy atom. The zero-order valence-corrected chi connectivity index (χ0v) is 10.1. The normalized spacial score (nSPS) is 10.8. The molecule has 0 aliphatic rings. The number of carboxylic acid groups (broad SMARTS) is 1. The third kappa shape index (κ3) is 2.07. The second kappa shape index (κ2) is 4.52. The summed E-state index contributed by atoms with van der Waals surface area (Å²) in [5.74, 6) is -0.743. The number of rotatable bonds is 3. The third-order valence-electron chi connectivity index (χ3n) is 2.77. The number of phenolic OH excluding ortho intramolecular Hbond substituents is 1. The van der Waals surface area contributed by atoms with E-state index < -0.39 is 5.97 Å². The molecule has 0 amide bonds. The summed E-state index contributed by atoms with van der Waals surface area (Å²) in [6.45, 7) is 3.96. The van der Waals surface area contributed by atoms with Gasteiger partial charge in [0, 0.05) is 5.56 Å². The first-order chi connectivity index (χ1) is 8.50. The number of benzene rings is 1. The molecular formula is C13H14N2O3. The first-order valence-electron chi connectivity index (χ1n) is 5.61. The van der Waals surface area contributed by atoms with Gasteiger partial charge in [-0.1, -0.05) is 26.0 Å². The largest absolute Gasteiger partial charge is 0.507 e. The van der Waals surface area contributed by atoms with Gasteiger partial charge in [-0.15, -0.1) is 0 Å². The summed E-state index contributed by atoms with van der Waals surface area (Å²) in [4.78, 5) is 10.8. The molecule has 0 radical (unpaired) electrons. The maximum Gasteiger partial charge on any atom is 0.353 e. The van der Waals surface area contributed by atoms with Gasteiger partial charge in [-0.2, -0.15) is 5.10 Å². The van der Waals surface area contributed by atoms with E-state index in [0.717, 1.165) is 5.56 Å². The lowest BCUT2D eigenvalue weighted by atomic mass is 9.98. The van der Waals surface area contributed by atoms with Gasteiger partial charge in [0.05, 0.1) is 5.69 Å². The quantitative estimate of drug-likeness (QED) is 0.777. The first kappa shape index (κ1) is 12.2. The number of nitrogens with one attached hydrogen (secondary N) is 1. The number of nitrogens with zero attached hydrogens (tertiary/aromatic N) is 1. The van der Waals surface area contributed by atoms with Crippen LogP contribution in [0.5, 0.6) is 5.75 Å². The van der Waals surface area contributed by atoms with Crippen LogP contribution >= 0.6 is 0 Å². The van der Waals surface area contributed by atoms with E-state index in [2.05, 4.69) is 10.2 Å². The first-order valence-corrected chi connectivity index (χ1v) is 5.61. The van der Waals surface area contributed by atoms with E-state index in [9.17, 15) is 9.90 Å². The summed E-state index contributed by atoms with van der Waals surface area (Å²) in [6, 6.07) is 6.78. The molecule has 0 aliphatic heterocycles. The average molecular weight is 246 g/mol. The lowest BCUT2D eigenvalue weighted by Gasteiger charge is -2.10. The molecule has 0 atom stereocenters. The molecule has 2 aromatic rings. The van der Waals surface area contributed by atoms with Crippen LogP contribution in [-0.4, -0.2) is 26.4 Å². The minimum atomic E-state index is -1.08. The van der Waals surface area contributed by atoms with Gasteiger partial charge in [0.15, 0.2) is 0 Å². The van der Waals surface area contributed by atoms with E-state index >= 15 is 0 Å². The van der Waals surface area contributed by atoms with E-state index in [0.29, 0.717) is 11.3 Å². The number of carbonyl (C=O) groups is 1. The van der Waals surface area contributed by atoms with E-state index in [1.165, 1.54) is 6.07 Å². The topological polar surface area (TPSA) is 86.2 Å². The van der Waals surface area contributed by atoms with Gasteiger partial charge in [0.25, 0.3) is 0 Å². The molecule has 0 unspecified atom stereocenters. The second-order valence-corrected chi connectivity index (χ2v) is 4.37. The van der Waals surface area contributed by atoms with Crippen LogP contribution in [0.2, 0.25) is 0 Å². The number of carboxylic acids is 1. The predicted octanol–water partition coefficient (Wildman–Crippen LogP) is 2.60. The summed E-state index contributed by atoms with van der Waals surface area (Å²) in [7, 11) is 0. The SMILES string of the molecule is CC(C)c1cccc(-c2cc(C(=O)O)[nH]n2)c1O. The molecule has 1 aromatic heterocycles. The van der Waals surface area contributed by atoms with Crippen molar-refractivity contribution in [3.8, 4) is 17.0 Å². The Kier molecular flexibility index (Phi) is 3.06. The van der Waals surface area contributed by atoms with Gasteiger partial charge < -0.3 is 10.2 Å². The van der Waals surface area contributed by atoms with Gasteiger partial charge in [0.1, 0.15) is 11.4 Å². The smallest absolute Gasteiger partial charge is 0.353 e. The number of hydrogen-bond donors (Lipinski definition) is 3. The highest BCUT2D eigenvalue weighted by Crippen LogP contribution is 2.34. The number of aromatic nitrogens is 2. The summed E-state index contributed by atoms with van der Waals surface area (Å²) in [5.41, 5.74) is 1.77. The molecule has 1 aromatic carbocycles. The highest BCUT2D eigenvalue weighted by Gasteiger charge is 2.15. The molecule has 2 rings (SSSR count). The number of aromatic carboxylic acids is 1. The van der Waals surface area contributed by atoms with E-state index in [-0.39, 0.29) is 17.4 Å². The van der Waals surface area contributed by atoms with Crippen LogP contribution in [-0.2, 0) is 0 Å². The summed E-state index contributed by atoms with van der Waals surface area (Å²) >= 11 is 0. The van der Waals surface area contributed by atoms with Gasteiger partial charge in [-0.3, -0.25) is 5.10 Å². The number of para-hydroxylation sites is 1. The molecule has 94 valence electrons. The maximum absolute atomic E-state index is 10.8. The van der Waals surface area contributed by atoms with Crippen molar-refractivity contribution in [3.05, 3.63) is 35.5 Å². The fourth-order valence-electron chi connectivity index (χ4n) is 1.80. The van der Waals surface area contributed by atoms with Crippen LogP contribution in [0.4, 0.5) is 0 Å². The van der Waals surface area contributed by atoms with Crippen LogP contribution in [0, 0.1) is 0 Å². The molecule has 0 fully saturated rings. The fourth-order valence-corrected chi connectivity index (χ4v) is 1.80. The van der Waals surface area contributed by atoms with Gasteiger partial charge in [0.2, 0.25) is 0 Å². The van der Waals surface area contributed by atoms with Crippen LogP contribution < -0.4 is 0 Å². The highest BCUT2D eigenvalue weighted by molar-refractivity contribution is 5.87.